The molecule has 0 aliphatic carbocycles. The van der Waals surface area contributed by atoms with Crippen LogP contribution in [0.3, 0.4) is 0 Å². The van der Waals surface area contributed by atoms with Gasteiger partial charge in [-0.25, -0.2) is 0 Å². The van der Waals surface area contributed by atoms with Gasteiger partial charge in [0.2, 0.25) is 5.91 Å². The molecule has 0 radical (unpaired) electrons. The Hall–Kier alpha value is -2.08. The van der Waals surface area contributed by atoms with Crippen LogP contribution in [0.5, 0.6) is 5.75 Å². The number of nitrogens with zero attached hydrogens (tertiary/aromatic N) is 1. The van der Waals surface area contributed by atoms with Crippen molar-refractivity contribution in [1.82, 2.24) is 9.88 Å². The lowest BCUT2D eigenvalue weighted by Crippen LogP contribution is -2.34. The molecule has 0 bridgehead atoms. The Kier molecular flexibility index (Phi) is 6.20. The van der Waals surface area contributed by atoms with Gasteiger partial charge in [-0.1, -0.05) is 29.0 Å². The van der Waals surface area contributed by atoms with Crippen molar-refractivity contribution in [1.29, 1.82) is 0 Å². The van der Waals surface area contributed by atoms with E-state index in [1.807, 2.05) is 52.0 Å². The number of aromatic nitrogens is 1. The van der Waals surface area contributed by atoms with Crippen molar-refractivity contribution in [2.75, 3.05) is 6.54 Å². The van der Waals surface area contributed by atoms with Gasteiger partial charge in [0.25, 0.3) is 0 Å². The Morgan fingerprint density at radius 2 is 1.92 bits per heavy atom. The Labute approximate surface area is 146 Å². The number of amides is 1. The van der Waals surface area contributed by atoms with Crippen LogP contribution in [-0.2, 0) is 11.3 Å². The summed E-state index contributed by atoms with van der Waals surface area (Å²) in [4.78, 5) is 24.8. The largest absolute Gasteiger partial charge is 0.489 e. The molecule has 1 aromatic heterocycles. The van der Waals surface area contributed by atoms with Crippen molar-refractivity contribution < 1.29 is 9.53 Å². The predicted molar refractivity (Wildman–Crippen MR) is 96.9 cm³/mol. The second-order valence-electron chi connectivity index (χ2n) is 5.96. The standard InChI is InChI=1S/C18H24N2O3S/c1-12-5-7-16(8-6-12)23-13(2)11-19-17(21)9-10-20-14(3)15(4)24-18(20)22/h5-8,13H,9-11H2,1-4H3,(H,19,21). The first-order chi connectivity index (χ1) is 11.4. The van der Waals surface area contributed by atoms with Crippen LogP contribution in [0.4, 0.5) is 0 Å². The van der Waals surface area contributed by atoms with E-state index in [0.717, 1.165) is 16.3 Å². The molecule has 0 saturated carbocycles. The summed E-state index contributed by atoms with van der Waals surface area (Å²) in [5, 5.41) is 2.85. The maximum absolute atomic E-state index is 12.0. The first-order valence-electron chi connectivity index (χ1n) is 8.03. The van der Waals surface area contributed by atoms with Crippen LogP contribution in [0.1, 0.15) is 29.5 Å². The van der Waals surface area contributed by atoms with Crippen molar-refractivity contribution in [3.8, 4) is 5.75 Å². The summed E-state index contributed by atoms with van der Waals surface area (Å²) in [5.41, 5.74) is 2.12. The number of aryl methyl sites for hydroxylation is 2. The molecular formula is C18H24N2O3S. The van der Waals surface area contributed by atoms with Crippen molar-refractivity contribution in [2.45, 2.75) is 46.8 Å². The van der Waals surface area contributed by atoms with Crippen LogP contribution >= 0.6 is 11.3 Å². The number of thiazole rings is 1. The molecule has 0 spiro atoms. The van der Waals surface area contributed by atoms with E-state index in [2.05, 4.69) is 5.32 Å². The molecule has 1 N–H and O–H groups in total. The molecule has 6 heteroatoms. The highest BCUT2D eigenvalue weighted by molar-refractivity contribution is 7.09. The van der Waals surface area contributed by atoms with Crippen molar-refractivity contribution >= 4 is 17.2 Å². The molecule has 130 valence electrons. The minimum atomic E-state index is -0.121. The molecule has 5 nitrogen and oxygen atoms in total. The molecule has 0 saturated heterocycles. The normalized spacial score (nSPS) is 12.0. The summed E-state index contributed by atoms with van der Waals surface area (Å²) in [6.45, 7) is 8.61. The number of ether oxygens (including phenoxy) is 1. The minimum absolute atomic E-state index is 0.00567. The fourth-order valence-corrected chi connectivity index (χ4v) is 3.15. The van der Waals surface area contributed by atoms with E-state index >= 15 is 0 Å². The summed E-state index contributed by atoms with van der Waals surface area (Å²) < 4.78 is 7.41. The molecular weight excluding hydrogens is 324 g/mol. The van der Waals surface area contributed by atoms with Gasteiger partial charge in [0.1, 0.15) is 11.9 Å². The molecule has 1 amide bonds. The third-order valence-corrected chi connectivity index (χ3v) is 4.88. The molecule has 1 heterocycles. The Morgan fingerprint density at radius 1 is 1.25 bits per heavy atom. The maximum Gasteiger partial charge on any atom is 0.307 e. The summed E-state index contributed by atoms with van der Waals surface area (Å²) in [6.07, 6.45) is 0.165. The van der Waals surface area contributed by atoms with E-state index in [-0.39, 0.29) is 23.3 Å². The lowest BCUT2D eigenvalue weighted by molar-refractivity contribution is -0.121. The first kappa shape index (κ1) is 18.3. The van der Waals surface area contributed by atoms with Gasteiger partial charge in [-0.2, -0.15) is 0 Å². The highest BCUT2D eigenvalue weighted by atomic mass is 32.1. The molecule has 1 atom stereocenters. The van der Waals surface area contributed by atoms with Gasteiger partial charge in [0, 0.05) is 23.5 Å². The Bertz CT molecular complexity index is 747. The number of rotatable bonds is 7. The SMILES string of the molecule is Cc1ccc(OC(C)CNC(=O)CCn2c(C)c(C)sc2=O)cc1. The number of carbonyl (C=O) groups is 1. The van der Waals surface area contributed by atoms with Gasteiger partial charge >= 0.3 is 4.87 Å². The molecule has 2 aromatic rings. The highest BCUT2D eigenvalue weighted by Gasteiger charge is 2.11. The Balaban J connectivity index is 1.76. The second-order valence-corrected chi connectivity index (χ2v) is 7.12. The topological polar surface area (TPSA) is 60.3 Å². The molecule has 2 rings (SSSR count). The van der Waals surface area contributed by atoms with Crippen LogP contribution in [0.15, 0.2) is 29.1 Å². The van der Waals surface area contributed by atoms with Gasteiger partial charge in [-0.3, -0.25) is 9.59 Å². The van der Waals surface area contributed by atoms with Crippen molar-refractivity contribution in [2.24, 2.45) is 0 Å². The highest BCUT2D eigenvalue weighted by Crippen LogP contribution is 2.13. The van der Waals surface area contributed by atoms with E-state index in [1.165, 1.54) is 16.9 Å². The second kappa shape index (κ2) is 8.15. The third-order valence-electron chi connectivity index (χ3n) is 3.88. The van der Waals surface area contributed by atoms with Crippen molar-refractivity contribution in [3.63, 3.8) is 0 Å². The van der Waals surface area contributed by atoms with E-state index in [1.54, 1.807) is 4.57 Å². The molecule has 1 aromatic carbocycles. The fraction of sp³-hybridized carbons (Fsp3) is 0.444. The van der Waals surface area contributed by atoms with Crippen molar-refractivity contribution in [3.05, 3.63) is 50.1 Å². The van der Waals surface area contributed by atoms with E-state index in [0.29, 0.717) is 13.1 Å². The average molecular weight is 348 g/mol. The predicted octanol–water partition coefficient (Wildman–Crippen LogP) is 2.81. The van der Waals surface area contributed by atoms with Crippen LogP contribution in [0.25, 0.3) is 0 Å². The van der Waals surface area contributed by atoms with Crippen LogP contribution < -0.4 is 14.9 Å². The van der Waals surface area contributed by atoms with E-state index in [4.69, 9.17) is 4.74 Å². The monoisotopic (exact) mass is 348 g/mol. The van der Waals surface area contributed by atoms with Crippen LogP contribution in [-0.4, -0.2) is 23.1 Å². The molecule has 1 unspecified atom stereocenters. The molecule has 0 aliphatic heterocycles. The lowest BCUT2D eigenvalue weighted by atomic mass is 10.2. The fourth-order valence-electron chi connectivity index (χ4n) is 2.30. The van der Waals surface area contributed by atoms with Gasteiger partial charge in [-0.15, -0.1) is 0 Å². The van der Waals surface area contributed by atoms with Crippen LogP contribution in [0.2, 0.25) is 0 Å². The average Bonchev–Trinajstić information content (AvgIpc) is 2.78. The van der Waals surface area contributed by atoms with E-state index < -0.39 is 0 Å². The first-order valence-corrected chi connectivity index (χ1v) is 8.85. The minimum Gasteiger partial charge on any atom is -0.489 e. The number of benzene rings is 1. The van der Waals surface area contributed by atoms with Gasteiger partial charge in [0.15, 0.2) is 0 Å². The number of hydrogen-bond acceptors (Lipinski definition) is 4. The summed E-state index contributed by atoms with van der Waals surface area (Å²) >= 11 is 1.22. The summed E-state index contributed by atoms with van der Waals surface area (Å²) in [5.74, 6) is 0.711. The van der Waals surface area contributed by atoms with Gasteiger partial charge in [0.05, 0.1) is 6.54 Å². The Morgan fingerprint density at radius 3 is 2.50 bits per heavy atom. The molecule has 0 fully saturated rings. The molecule has 24 heavy (non-hydrogen) atoms. The number of hydrogen-bond donors (Lipinski definition) is 1. The number of carbonyl (C=O) groups excluding carboxylic acids is 1. The van der Waals surface area contributed by atoms with E-state index in [9.17, 15) is 9.59 Å². The number of nitrogens with one attached hydrogen (secondary N) is 1. The zero-order valence-electron chi connectivity index (χ0n) is 14.6. The summed E-state index contributed by atoms with van der Waals surface area (Å²) in [7, 11) is 0. The third kappa shape index (κ3) is 4.96. The zero-order valence-corrected chi connectivity index (χ0v) is 15.4. The smallest absolute Gasteiger partial charge is 0.307 e. The lowest BCUT2D eigenvalue weighted by Gasteiger charge is -2.15. The quantitative estimate of drug-likeness (QED) is 0.837. The van der Waals surface area contributed by atoms with Crippen LogP contribution in [0, 0.1) is 20.8 Å². The maximum atomic E-state index is 12.0. The van der Waals surface area contributed by atoms with Gasteiger partial charge in [-0.05, 0) is 39.8 Å². The zero-order chi connectivity index (χ0) is 17.7. The molecule has 0 aliphatic rings. The van der Waals surface area contributed by atoms with Gasteiger partial charge < -0.3 is 14.6 Å². The summed E-state index contributed by atoms with van der Waals surface area (Å²) in [6, 6.07) is 7.82.